The smallest absolute Gasteiger partial charge is 0.236 e. The van der Waals surface area contributed by atoms with Gasteiger partial charge in [0, 0.05) is 0 Å². The average molecular weight is 356 g/mol. The van der Waals surface area contributed by atoms with Gasteiger partial charge in [0.15, 0.2) is 0 Å². The summed E-state index contributed by atoms with van der Waals surface area (Å²) in [6.07, 6.45) is 0. The maximum atomic E-state index is 13.0. The van der Waals surface area contributed by atoms with E-state index in [1.54, 1.807) is 18.2 Å². The topological polar surface area (TPSA) is 29.1 Å². The van der Waals surface area contributed by atoms with Crippen LogP contribution in [0.5, 0.6) is 0 Å². The maximum absolute atomic E-state index is 13.0. The molecule has 24 heavy (non-hydrogen) atoms. The summed E-state index contributed by atoms with van der Waals surface area (Å²) in [6, 6.07) is 24.4. The molecule has 0 fully saturated rings. The van der Waals surface area contributed by atoms with Gasteiger partial charge in [-0.1, -0.05) is 89.9 Å². The monoisotopic (exact) mass is 355 g/mol. The number of carbonyl (C=O) groups is 1. The molecule has 0 unspecified atom stereocenters. The van der Waals surface area contributed by atoms with Crippen molar-refractivity contribution in [2.45, 2.75) is 5.92 Å². The van der Waals surface area contributed by atoms with Gasteiger partial charge in [0.2, 0.25) is 5.91 Å². The third-order valence-electron chi connectivity index (χ3n) is 3.74. The highest BCUT2D eigenvalue weighted by molar-refractivity contribution is 6.39. The summed E-state index contributed by atoms with van der Waals surface area (Å²) in [4.78, 5) is 13.0. The summed E-state index contributed by atoms with van der Waals surface area (Å²) in [6.45, 7) is 0. The van der Waals surface area contributed by atoms with E-state index in [-0.39, 0.29) is 5.91 Å². The number of para-hydroxylation sites is 1. The third kappa shape index (κ3) is 3.61. The number of hydrogen-bond acceptors (Lipinski definition) is 1. The Morgan fingerprint density at radius 1 is 0.708 bits per heavy atom. The van der Waals surface area contributed by atoms with E-state index in [0.717, 1.165) is 11.1 Å². The molecule has 0 saturated carbocycles. The first-order chi connectivity index (χ1) is 11.7. The van der Waals surface area contributed by atoms with E-state index in [0.29, 0.717) is 15.7 Å². The highest BCUT2D eigenvalue weighted by atomic mass is 35.5. The summed E-state index contributed by atoms with van der Waals surface area (Å²) < 4.78 is 0. The molecule has 1 N–H and O–H groups in total. The standard InChI is InChI=1S/C20H15Cl2NO/c21-16-12-7-13-17(22)19(16)23-20(24)18(14-8-3-1-4-9-14)15-10-5-2-6-11-15/h1-13,18H,(H,23,24). The van der Waals surface area contributed by atoms with Crippen LogP contribution in [0.1, 0.15) is 17.0 Å². The Balaban J connectivity index is 1.99. The minimum absolute atomic E-state index is 0.178. The number of nitrogens with one attached hydrogen (secondary N) is 1. The Labute approximate surface area is 151 Å². The van der Waals surface area contributed by atoms with Crippen LogP contribution >= 0.6 is 23.2 Å². The van der Waals surface area contributed by atoms with Gasteiger partial charge in [-0.05, 0) is 23.3 Å². The fraction of sp³-hybridized carbons (Fsp3) is 0.0500. The molecule has 0 aliphatic heterocycles. The van der Waals surface area contributed by atoms with Gasteiger partial charge in [-0.15, -0.1) is 0 Å². The molecule has 1 amide bonds. The number of carbonyl (C=O) groups excluding carboxylic acids is 1. The molecule has 0 aliphatic carbocycles. The molecule has 3 rings (SSSR count). The van der Waals surface area contributed by atoms with Crippen LogP contribution in [0.4, 0.5) is 5.69 Å². The molecule has 0 aromatic heterocycles. The van der Waals surface area contributed by atoms with Crippen molar-refractivity contribution in [3.8, 4) is 0 Å². The summed E-state index contributed by atoms with van der Waals surface area (Å²) in [5, 5.41) is 3.70. The average Bonchev–Trinajstić information content (AvgIpc) is 2.60. The molecule has 0 spiro atoms. The molecule has 0 aliphatic rings. The highest BCUT2D eigenvalue weighted by Gasteiger charge is 2.23. The SMILES string of the molecule is O=C(Nc1c(Cl)cccc1Cl)C(c1ccccc1)c1ccccc1. The Hall–Kier alpha value is -2.29. The number of rotatable bonds is 4. The normalized spacial score (nSPS) is 10.6. The molecule has 0 heterocycles. The zero-order valence-electron chi connectivity index (χ0n) is 12.7. The number of benzene rings is 3. The van der Waals surface area contributed by atoms with E-state index in [1.807, 2.05) is 60.7 Å². The Kier molecular flexibility index (Phi) is 5.19. The van der Waals surface area contributed by atoms with Crippen molar-refractivity contribution in [3.63, 3.8) is 0 Å². The van der Waals surface area contributed by atoms with Crippen molar-refractivity contribution in [1.82, 2.24) is 0 Å². The molecular weight excluding hydrogens is 341 g/mol. The molecule has 0 bridgehead atoms. The van der Waals surface area contributed by atoms with Crippen LogP contribution in [0.15, 0.2) is 78.9 Å². The molecule has 120 valence electrons. The minimum Gasteiger partial charge on any atom is -0.323 e. The lowest BCUT2D eigenvalue weighted by atomic mass is 9.90. The van der Waals surface area contributed by atoms with E-state index < -0.39 is 5.92 Å². The number of halogens is 2. The van der Waals surface area contributed by atoms with Crippen molar-refractivity contribution in [1.29, 1.82) is 0 Å². The van der Waals surface area contributed by atoms with E-state index in [9.17, 15) is 4.79 Å². The zero-order valence-corrected chi connectivity index (χ0v) is 14.3. The van der Waals surface area contributed by atoms with Crippen molar-refractivity contribution < 1.29 is 4.79 Å². The van der Waals surface area contributed by atoms with E-state index >= 15 is 0 Å². The second-order valence-electron chi connectivity index (χ2n) is 5.34. The van der Waals surface area contributed by atoms with E-state index in [2.05, 4.69) is 5.32 Å². The Bertz CT molecular complexity index is 775. The second kappa shape index (κ2) is 7.52. The van der Waals surface area contributed by atoms with Crippen molar-refractivity contribution in [2.24, 2.45) is 0 Å². The van der Waals surface area contributed by atoms with Gasteiger partial charge < -0.3 is 5.32 Å². The first-order valence-electron chi connectivity index (χ1n) is 7.51. The Morgan fingerprint density at radius 3 is 1.62 bits per heavy atom. The summed E-state index contributed by atoms with van der Waals surface area (Å²) in [5.74, 6) is -0.623. The van der Waals surface area contributed by atoms with Gasteiger partial charge in [-0.3, -0.25) is 4.79 Å². The fourth-order valence-corrected chi connectivity index (χ4v) is 3.09. The van der Waals surface area contributed by atoms with Crippen LogP contribution in [0.2, 0.25) is 10.0 Å². The lowest BCUT2D eigenvalue weighted by Crippen LogP contribution is -2.22. The van der Waals surface area contributed by atoms with Crippen molar-refractivity contribution in [2.75, 3.05) is 5.32 Å². The van der Waals surface area contributed by atoms with Crippen LogP contribution in [0.3, 0.4) is 0 Å². The first kappa shape index (κ1) is 16.6. The number of hydrogen-bond donors (Lipinski definition) is 1. The Morgan fingerprint density at radius 2 is 1.17 bits per heavy atom. The predicted molar refractivity (Wildman–Crippen MR) is 99.8 cm³/mol. The van der Waals surface area contributed by atoms with Gasteiger partial charge in [0.25, 0.3) is 0 Å². The van der Waals surface area contributed by atoms with Gasteiger partial charge >= 0.3 is 0 Å². The molecular formula is C20H15Cl2NO. The van der Waals surface area contributed by atoms with Crippen LogP contribution in [0.25, 0.3) is 0 Å². The van der Waals surface area contributed by atoms with Gasteiger partial charge in [0.1, 0.15) is 0 Å². The lowest BCUT2D eigenvalue weighted by molar-refractivity contribution is -0.116. The zero-order chi connectivity index (χ0) is 16.9. The third-order valence-corrected chi connectivity index (χ3v) is 4.37. The molecule has 0 saturated heterocycles. The summed E-state index contributed by atoms with van der Waals surface area (Å²) >= 11 is 12.3. The van der Waals surface area contributed by atoms with Crippen molar-refractivity contribution in [3.05, 3.63) is 100 Å². The molecule has 3 aromatic carbocycles. The summed E-state index contributed by atoms with van der Waals surface area (Å²) in [7, 11) is 0. The van der Waals surface area contributed by atoms with E-state index in [1.165, 1.54) is 0 Å². The van der Waals surface area contributed by atoms with Crippen LogP contribution in [-0.2, 0) is 4.79 Å². The number of amides is 1. The van der Waals surface area contributed by atoms with Crippen LogP contribution < -0.4 is 5.32 Å². The van der Waals surface area contributed by atoms with E-state index in [4.69, 9.17) is 23.2 Å². The van der Waals surface area contributed by atoms with Gasteiger partial charge in [0.05, 0.1) is 21.7 Å². The first-order valence-corrected chi connectivity index (χ1v) is 8.27. The molecule has 0 radical (unpaired) electrons. The minimum atomic E-state index is -0.445. The fourth-order valence-electron chi connectivity index (χ4n) is 2.60. The quantitative estimate of drug-likeness (QED) is 0.632. The summed E-state index contributed by atoms with van der Waals surface area (Å²) in [5.41, 5.74) is 2.25. The maximum Gasteiger partial charge on any atom is 0.236 e. The molecule has 2 nitrogen and oxygen atoms in total. The van der Waals surface area contributed by atoms with Gasteiger partial charge in [-0.2, -0.15) is 0 Å². The van der Waals surface area contributed by atoms with Gasteiger partial charge in [-0.25, -0.2) is 0 Å². The van der Waals surface area contributed by atoms with Crippen LogP contribution in [-0.4, -0.2) is 5.91 Å². The molecule has 0 atom stereocenters. The predicted octanol–water partition coefficient (Wildman–Crippen LogP) is 5.76. The second-order valence-corrected chi connectivity index (χ2v) is 6.15. The van der Waals surface area contributed by atoms with Crippen molar-refractivity contribution >= 4 is 34.8 Å². The largest absolute Gasteiger partial charge is 0.323 e. The molecule has 4 heteroatoms. The molecule has 3 aromatic rings. The van der Waals surface area contributed by atoms with Crippen LogP contribution in [0, 0.1) is 0 Å². The lowest BCUT2D eigenvalue weighted by Gasteiger charge is -2.19. The highest BCUT2D eigenvalue weighted by Crippen LogP contribution is 2.32. The number of anilines is 1.